The number of ketones is 1. The van der Waals surface area contributed by atoms with Crippen LogP contribution in [0.1, 0.15) is 39.0 Å². The zero-order chi connectivity index (χ0) is 12.4. The van der Waals surface area contributed by atoms with Crippen LogP contribution in [0.3, 0.4) is 0 Å². The van der Waals surface area contributed by atoms with Gasteiger partial charge in [-0.15, -0.1) is 0 Å². The van der Waals surface area contributed by atoms with Crippen LogP contribution in [0.5, 0.6) is 0 Å². The van der Waals surface area contributed by atoms with Crippen molar-refractivity contribution in [3.05, 3.63) is 22.8 Å². The molecule has 0 N–H and O–H groups in total. The van der Waals surface area contributed by atoms with Crippen molar-refractivity contribution in [3.8, 4) is 0 Å². The van der Waals surface area contributed by atoms with E-state index in [1.54, 1.807) is 0 Å². The molecule has 0 aromatic heterocycles. The fourth-order valence-electron chi connectivity index (χ4n) is 2.74. The second-order valence-corrected chi connectivity index (χ2v) is 4.71. The summed E-state index contributed by atoms with van der Waals surface area (Å²) in [5.41, 5.74) is 2.75. The Hall–Kier alpha value is -1.38. The van der Waals surface area contributed by atoms with Crippen molar-refractivity contribution in [2.75, 3.05) is 7.11 Å². The van der Waals surface area contributed by atoms with E-state index in [9.17, 15) is 9.59 Å². The average Bonchev–Trinajstić information content (AvgIpc) is 2.65. The summed E-state index contributed by atoms with van der Waals surface area (Å²) in [4.78, 5) is 23.4. The second kappa shape index (κ2) is 4.86. The summed E-state index contributed by atoms with van der Waals surface area (Å²) in [5, 5.41) is 0. The average molecular weight is 234 g/mol. The van der Waals surface area contributed by atoms with Gasteiger partial charge in [-0.25, -0.2) is 4.79 Å². The molecule has 0 aliphatic heterocycles. The third-order valence-corrected chi connectivity index (χ3v) is 3.60. The maximum Gasteiger partial charge on any atom is 0.333 e. The number of methoxy groups -OCH3 is 1. The molecule has 0 bridgehead atoms. The van der Waals surface area contributed by atoms with Crippen LogP contribution in [-0.4, -0.2) is 18.9 Å². The summed E-state index contributed by atoms with van der Waals surface area (Å²) in [6.45, 7) is 2.07. The molecule has 3 heteroatoms. The van der Waals surface area contributed by atoms with Crippen molar-refractivity contribution in [2.24, 2.45) is 5.92 Å². The highest BCUT2D eigenvalue weighted by molar-refractivity contribution is 6.01. The highest BCUT2D eigenvalue weighted by atomic mass is 16.5. The minimum absolute atomic E-state index is 0.258. The molecule has 1 atom stereocenters. The molecule has 2 aliphatic carbocycles. The molecule has 0 radical (unpaired) electrons. The van der Waals surface area contributed by atoms with Crippen molar-refractivity contribution >= 4 is 11.8 Å². The van der Waals surface area contributed by atoms with Crippen molar-refractivity contribution in [3.63, 3.8) is 0 Å². The number of hydrogen-bond acceptors (Lipinski definition) is 3. The molecule has 92 valence electrons. The van der Waals surface area contributed by atoms with Crippen molar-refractivity contribution in [2.45, 2.75) is 39.0 Å². The van der Waals surface area contributed by atoms with Gasteiger partial charge in [0.25, 0.3) is 0 Å². The molecule has 0 amide bonds. The van der Waals surface area contributed by atoms with E-state index in [1.165, 1.54) is 7.11 Å². The van der Waals surface area contributed by atoms with Gasteiger partial charge in [-0.1, -0.05) is 13.3 Å². The molecule has 2 rings (SSSR count). The quantitative estimate of drug-likeness (QED) is 0.705. The van der Waals surface area contributed by atoms with Gasteiger partial charge in [0.15, 0.2) is 5.78 Å². The SMILES string of the molecule is CCCC1=C2C=C(C(=O)OC)CCC2CC1=O. The largest absolute Gasteiger partial charge is 0.466 e. The number of carbonyl (C=O) groups is 2. The summed E-state index contributed by atoms with van der Waals surface area (Å²) >= 11 is 0. The highest BCUT2D eigenvalue weighted by Gasteiger charge is 2.33. The molecule has 0 heterocycles. The molecule has 0 spiro atoms. The van der Waals surface area contributed by atoms with Gasteiger partial charge in [0, 0.05) is 12.0 Å². The summed E-state index contributed by atoms with van der Waals surface area (Å²) in [6, 6.07) is 0. The summed E-state index contributed by atoms with van der Waals surface area (Å²) in [7, 11) is 1.40. The van der Waals surface area contributed by atoms with Crippen LogP contribution in [0.15, 0.2) is 22.8 Å². The number of esters is 1. The van der Waals surface area contributed by atoms with E-state index in [2.05, 4.69) is 6.92 Å². The predicted molar refractivity (Wildman–Crippen MR) is 64.4 cm³/mol. The number of carbonyl (C=O) groups excluding carboxylic acids is 2. The molecular formula is C14H18O3. The molecule has 1 unspecified atom stereocenters. The third kappa shape index (κ3) is 2.19. The summed E-state index contributed by atoms with van der Waals surface area (Å²) < 4.78 is 4.75. The van der Waals surface area contributed by atoms with Gasteiger partial charge in [0.2, 0.25) is 0 Å². The first-order valence-electron chi connectivity index (χ1n) is 6.22. The summed E-state index contributed by atoms with van der Waals surface area (Å²) in [5.74, 6) is 0.359. The molecule has 0 saturated heterocycles. The molecule has 0 saturated carbocycles. The Labute approximate surface area is 102 Å². The zero-order valence-corrected chi connectivity index (χ0v) is 10.4. The Balaban J connectivity index is 2.34. The molecule has 0 fully saturated rings. The maximum atomic E-state index is 11.9. The lowest BCUT2D eigenvalue weighted by Crippen LogP contribution is -2.13. The Morgan fingerprint density at radius 3 is 2.94 bits per heavy atom. The van der Waals surface area contributed by atoms with E-state index in [0.29, 0.717) is 17.9 Å². The van der Waals surface area contributed by atoms with Crippen LogP contribution in [0.25, 0.3) is 0 Å². The molecular weight excluding hydrogens is 216 g/mol. The van der Waals surface area contributed by atoms with Gasteiger partial charge < -0.3 is 4.74 Å². The first-order valence-corrected chi connectivity index (χ1v) is 6.22. The van der Waals surface area contributed by atoms with Gasteiger partial charge in [-0.2, -0.15) is 0 Å². The Morgan fingerprint density at radius 1 is 1.53 bits per heavy atom. The van der Waals surface area contributed by atoms with E-state index in [4.69, 9.17) is 4.74 Å². The van der Waals surface area contributed by atoms with E-state index >= 15 is 0 Å². The van der Waals surface area contributed by atoms with E-state index in [-0.39, 0.29) is 11.8 Å². The first kappa shape index (κ1) is 12.1. The number of fused-ring (bicyclic) bond motifs is 1. The van der Waals surface area contributed by atoms with Crippen LogP contribution in [-0.2, 0) is 14.3 Å². The van der Waals surface area contributed by atoms with Crippen molar-refractivity contribution < 1.29 is 14.3 Å². The normalized spacial score (nSPS) is 23.5. The van der Waals surface area contributed by atoms with Crippen LogP contribution in [0.4, 0.5) is 0 Å². The van der Waals surface area contributed by atoms with E-state index in [0.717, 1.165) is 36.8 Å². The van der Waals surface area contributed by atoms with Gasteiger partial charge in [0.1, 0.15) is 0 Å². The number of ether oxygens (including phenoxy) is 1. The second-order valence-electron chi connectivity index (χ2n) is 4.71. The van der Waals surface area contributed by atoms with Gasteiger partial charge in [-0.3, -0.25) is 4.79 Å². The van der Waals surface area contributed by atoms with Gasteiger partial charge in [0.05, 0.1) is 7.11 Å². The first-order chi connectivity index (χ1) is 8.17. The maximum absolute atomic E-state index is 11.9. The zero-order valence-electron chi connectivity index (χ0n) is 10.4. The number of rotatable bonds is 3. The number of Topliss-reactive ketones (excluding diaryl/α,β-unsaturated/α-hetero) is 1. The number of allylic oxidation sites excluding steroid dienone is 3. The lowest BCUT2D eigenvalue weighted by molar-refractivity contribution is -0.136. The molecule has 17 heavy (non-hydrogen) atoms. The molecule has 3 nitrogen and oxygen atoms in total. The lowest BCUT2D eigenvalue weighted by Gasteiger charge is -2.19. The Morgan fingerprint density at radius 2 is 2.29 bits per heavy atom. The Kier molecular flexibility index (Phi) is 3.46. The van der Waals surface area contributed by atoms with Crippen molar-refractivity contribution in [1.29, 1.82) is 0 Å². The standard InChI is InChI=1S/C14H18O3/c1-3-4-11-12-7-10(14(16)17-2)6-5-9(12)8-13(11)15/h7,9H,3-6,8H2,1-2H3. The van der Waals surface area contributed by atoms with E-state index < -0.39 is 0 Å². The molecule has 0 aromatic rings. The smallest absolute Gasteiger partial charge is 0.333 e. The highest BCUT2D eigenvalue weighted by Crippen LogP contribution is 2.40. The van der Waals surface area contributed by atoms with Gasteiger partial charge in [-0.05, 0) is 42.4 Å². The lowest BCUT2D eigenvalue weighted by atomic mass is 9.86. The minimum Gasteiger partial charge on any atom is -0.466 e. The van der Waals surface area contributed by atoms with Gasteiger partial charge >= 0.3 is 5.97 Å². The fraction of sp³-hybridized carbons (Fsp3) is 0.571. The molecule has 2 aliphatic rings. The third-order valence-electron chi connectivity index (χ3n) is 3.60. The predicted octanol–water partition coefficient (Wildman–Crippen LogP) is 2.57. The van der Waals surface area contributed by atoms with E-state index in [1.807, 2.05) is 6.08 Å². The minimum atomic E-state index is -0.258. The van der Waals surface area contributed by atoms with Crippen molar-refractivity contribution in [1.82, 2.24) is 0 Å². The van der Waals surface area contributed by atoms with Crippen LogP contribution >= 0.6 is 0 Å². The number of hydrogen-bond donors (Lipinski definition) is 0. The summed E-state index contributed by atoms with van der Waals surface area (Å²) in [6.07, 6.45) is 5.96. The Bertz CT molecular complexity index is 415. The van der Waals surface area contributed by atoms with Crippen LogP contribution < -0.4 is 0 Å². The van der Waals surface area contributed by atoms with Crippen LogP contribution in [0.2, 0.25) is 0 Å². The topological polar surface area (TPSA) is 43.4 Å². The fourth-order valence-corrected chi connectivity index (χ4v) is 2.74. The monoisotopic (exact) mass is 234 g/mol. The van der Waals surface area contributed by atoms with Crippen LogP contribution in [0, 0.1) is 5.92 Å². The molecule has 0 aromatic carbocycles.